The van der Waals surface area contributed by atoms with Crippen LogP contribution in [-0.4, -0.2) is 61.6 Å². The molecule has 1 atom stereocenters. The number of carbonyl (C=O) groups excluding carboxylic acids is 1. The third-order valence-electron chi connectivity index (χ3n) is 3.24. The van der Waals surface area contributed by atoms with Gasteiger partial charge >= 0.3 is 12.0 Å². The van der Waals surface area contributed by atoms with Crippen molar-refractivity contribution < 1.29 is 23.1 Å². The quantitative estimate of drug-likeness (QED) is 0.753. The van der Waals surface area contributed by atoms with E-state index in [1.807, 2.05) is 13.8 Å². The lowest BCUT2D eigenvalue weighted by molar-refractivity contribution is -0.142. The Morgan fingerprint density at radius 2 is 1.80 bits per heavy atom. The van der Waals surface area contributed by atoms with Crippen molar-refractivity contribution in [3.8, 4) is 0 Å². The van der Waals surface area contributed by atoms with Crippen molar-refractivity contribution in [1.29, 1.82) is 0 Å². The lowest BCUT2D eigenvalue weighted by atomic mass is 9.97. The SMILES string of the molecule is CC(C)CC(CNC(=O)N1CCS(=O)(=O)CC1)C(=O)O. The van der Waals surface area contributed by atoms with Crippen LogP contribution in [0, 0.1) is 11.8 Å². The van der Waals surface area contributed by atoms with Gasteiger partial charge in [-0.25, -0.2) is 13.2 Å². The normalized spacial score (nSPS) is 19.6. The predicted molar refractivity (Wildman–Crippen MR) is 74.2 cm³/mol. The fraction of sp³-hybridized carbons (Fsp3) is 0.833. The number of hydrogen-bond acceptors (Lipinski definition) is 4. The van der Waals surface area contributed by atoms with E-state index in [2.05, 4.69) is 5.32 Å². The van der Waals surface area contributed by atoms with Gasteiger partial charge in [-0.2, -0.15) is 0 Å². The first-order chi connectivity index (χ1) is 9.21. The summed E-state index contributed by atoms with van der Waals surface area (Å²) in [6.45, 7) is 4.24. The van der Waals surface area contributed by atoms with E-state index in [0.717, 1.165) is 0 Å². The summed E-state index contributed by atoms with van der Waals surface area (Å²) in [5, 5.41) is 11.6. The van der Waals surface area contributed by atoms with Gasteiger partial charge in [0.05, 0.1) is 17.4 Å². The Labute approximate surface area is 119 Å². The lowest BCUT2D eigenvalue weighted by Crippen LogP contribution is -2.49. The third-order valence-corrected chi connectivity index (χ3v) is 4.85. The van der Waals surface area contributed by atoms with E-state index in [1.165, 1.54) is 4.90 Å². The molecule has 0 aromatic carbocycles. The number of rotatable bonds is 5. The van der Waals surface area contributed by atoms with Crippen LogP contribution in [0.5, 0.6) is 0 Å². The summed E-state index contributed by atoms with van der Waals surface area (Å²) in [7, 11) is -3.03. The molecule has 8 heteroatoms. The van der Waals surface area contributed by atoms with Crippen LogP contribution in [0.15, 0.2) is 0 Å². The van der Waals surface area contributed by atoms with E-state index in [9.17, 15) is 18.0 Å². The number of urea groups is 1. The Kier molecular flexibility index (Phi) is 5.79. The highest BCUT2D eigenvalue weighted by Gasteiger charge is 2.26. The second-order valence-electron chi connectivity index (χ2n) is 5.49. The van der Waals surface area contributed by atoms with Crippen LogP contribution >= 0.6 is 0 Å². The molecule has 1 saturated heterocycles. The van der Waals surface area contributed by atoms with Crippen LogP contribution in [0.4, 0.5) is 4.79 Å². The van der Waals surface area contributed by atoms with Gasteiger partial charge in [-0.05, 0) is 12.3 Å². The van der Waals surface area contributed by atoms with E-state index >= 15 is 0 Å². The molecule has 0 aromatic rings. The maximum Gasteiger partial charge on any atom is 0.317 e. The molecule has 0 aliphatic carbocycles. The topological polar surface area (TPSA) is 104 Å². The Hall–Kier alpha value is -1.31. The zero-order valence-corrected chi connectivity index (χ0v) is 12.6. The molecule has 1 unspecified atom stereocenters. The zero-order valence-electron chi connectivity index (χ0n) is 11.8. The van der Waals surface area contributed by atoms with Crippen LogP contribution in [-0.2, 0) is 14.6 Å². The maximum atomic E-state index is 11.8. The third kappa shape index (κ3) is 5.36. The molecule has 0 aromatic heterocycles. The van der Waals surface area contributed by atoms with Gasteiger partial charge in [0.15, 0.2) is 9.84 Å². The molecule has 20 heavy (non-hydrogen) atoms. The number of aliphatic carboxylic acids is 1. The smallest absolute Gasteiger partial charge is 0.317 e. The molecule has 116 valence electrons. The van der Waals surface area contributed by atoms with Crippen molar-refractivity contribution in [3.05, 3.63) is 0 Å². The van der Waals surface area contributed by atoms with Crippen molar-refractivity contribution in [2.75, 3.05) is 31.1 Å². The minimum Gasteiger partial charge on any atom is -0.481 e. The highest BCUT2D eigenvalue weighted by Crippen LogP contribution is 2.11. The van der Waals surface area contributed by atoms with Gasteiger partial charge in [0.2, 0.25) is 0 Å². The van der Waals surface area contributed by atoms with Crippen LogP contribution in [0.2, 0.25) is 0 Å². The average Bonchev–Trinajstić information content (AvgIpc) is 2.33. The Morgan fingerprint density at radius 1 is 1.25 bits per heavy atom. The van der Waals surface area contributed by atoms with E-state index < -0.39 is 27.8 Å². The summed E-state index contributed by atoms with van der Waals surface area (Å²) in [4.78, 5) is 24.3. The van der Waals surface area contributed by atoms with E-state index in [-0.39, 0.29) is 37.1 Å². The number of carboxylic acids is 1. The van der Waals surface area contributed by atoms with Crippen LogP contribution in [0.25, 0.3) is 0 Å². The zero-order chi connectivity index (χ0) is 15.3. The molecule has 0 saturated carbocycles. The fourth-order valence-electron chi connectivity index (χ4n) is 2.08. The first kappa shape index (κ1) is 16.7. The molecule has 0 spiro atoms. The summed E-state index contributed by atoms with van der Waals surface area (Å²) in [5.74, 6) is -1.38. The summed E-state index contributed by atoms with van der Waals surface area (Å²) in [6.07, 6.45) is 0.490. The fourth-order valence-corrected chi connectivity index (χ4v) is 3.28. The molecule has 2 amide bonds. The summed E-state index contributed by atoms with van der Waals surface area (Å²) in [5.41, 5.74) is 0. The van der Waals surface area contributed by atoms with Crippen LogP contribution < -0.4 is 5.32 Å². The Bertz CT molecular complexity index is 446. The molecule has 7 nitrogen and oxygen atoms in total. The van der Waals surface area contributed by atoms with E-state index in [1.54, 1.807) is 0 Å². The molecule has 0 bridgehead atoms. The van der Waals surface area contributed by atoms with E-state index in [0.29, 0.717) is 6.42 Å². The van der Waals surface area contributed by atoms with Crippen molar-refractivity contribution in [2.24, 2.45) is 11.8 Å². The molecule has 0 radical (unpaired) electrons. The molecule has 1 heterocycles. The van der Waals surface area contributed by atoms with Gasteiger partial charge in [-0.1, -0.05) is 13.8 Å². The number of amides is 2. The monoisotopic (exact) mass is 306 g/mol. The lowest BCUT2D eigenvalue weighted by Gasteiger charge is -2.27. The van der Waals surface area contributed by atoms with Crippen molar-refractivity contribution in [2.45, 2.75) is 20.3 Å². The maximum absolute atomic E-state index is 11.8. The average molecular weight is 306 g/mol. The largest absolute Gasteiger partial charge is 0.481 e. The number of carboxylic acid groups (broad SMARTS) is 1. The first-order valence-electron chi connectivity index (χ1n) is 6.67. The molecule has 1 aliphatic rings. The number of carbonyl (C=O) groups is 2. The van der Waals surface area contributed by atoms with E-state index in [4.69, 9.17) is 5.11 Å². The Balaban J connectivity index is 2.44. The van der Waals surface area contributed by atoms with Gasteiger partial charge in [0, 0.05) is 19.6 Å². The molecule has 2 N–H and O–H groups in total. The van der Waals surface area contributed by atoms with Gasteiger partial charge in [0.25, 0.3) is 0 Å². The number of nitrogens with one attached hydrogen (secondary N) is 1. The number of sulfone groups is 1. The molecule has 1 fully saturated rings. The number of hydrogen-bond donors (Lipinski definition) is 2. The summed E-state index contributed by atoms with van der Waals surface area (Å²) >= 11 is 0. The summed E-state index contributed by atoms with van der Waals surface area (Å²) < 4.78 is 22.5. The number of nitrogens with zero attached hydrogens (tertiary/aromatic N) is 1. The Morgan fingerprint density at radius 3 is 2.25 bits per heavy atom. The molecular formula is C12H22N2O5S. The van der Waals surface area contributed by atoms with Crippen LogP contribution in [0.3, 0.4) is 0 Å². The molecule has 1 rings (SSSR count). The second kappa shape index (κ2) is 6.92. The van der Waals surface area contributed by atoms with Crippen molar-refractivity contribution in [1.82, 2.24) is 10.2 Å². The summed E-state index contributed by atoms with van der Waals surface area (Å²) in [6, 6.07) is -0.394. The highest BCUT2D eigenvalue weighted by molar-refractivity contribution is 7.91. The van der Waals surface area contributed by atoms with Gasteiger partial charge in [-0.3, -0.25) is 4.79 Å². The molecule has 1 aliphatic heterocycles. The first-order valence-corrected chi connectivity index (χ1v) is 8.49. The minimum absolute atomic E-state index is 0.0330. The standard InChI is InChI=1S/C12H22N2O5S/c1-9(2)7-10(11(15)16)8-13-12(17)14-3-5-20(18,19)6-4-14/h9-10H,3-8H2,1-2H3,(H,13,17)(H,15,16). The predicted octanol–water partition coefficient (Wildman–Crippen LogP) is 0.173. The van der Waals surface area contributed by atoms with Gasteiger partial charge < -0.3 is 15.3 Å². The van der Waals surface area contributed by atoms with Gasteiger partial charge in [0.1, 0.15) is 0 Å². The van der Waals surface area contributed by atoms with Gasteiger partial charge in [-0.15, -0.1) is 0 Å². The van der Waals surface area contributed by atoms with Crippen LogP contribution in [0.1, 0.15) is 20.3 Å². The van der Waals surface area contributed by atoms with Crippen molar-refractivity contribution in [3.63, 3.8) is 0 Å². The van der Waals surface area contributed by atoms with Crippen molar-refractivity contribution >= 4 is 21.8 Å². The second-order valence-corrected chi connectivity index (χ2v) is 7.79. The highest BCUT2D eigenvalue weighted by atomic mass is 32.2. The molecular weight excluding hydrogens is 284 g/mol. The minimum atomic E-state index is -3.03.